The predicted molar refractivity (Wildman–Crippen MR) is 79.8 cm³/mol. The SMILES string of the molecule is Cc1ccc2cc(NCC3CNCCO3)ccc2c1. The van der Waals surface area contributed by atoms with Gasteiger partial charge in [-0.2, -0.15) is 0 Å². The summed E-state index contributed by atoms with van der Waals surface area (Å²) < 4.78 is 5.68. The Morgan fingerprint density at radius 1 is 1.21 bits per heavy atom. The Balaban J connectivity index is 1.69. The summed E-state index contributed by atoms with van der Waals surface area (Å²) in [6, 6.07) is 13.1. The topological polar surface area (TPSA) is 33.3 Å². The quantitative estimate of drug-likeness (QED) is 0.885. The molecule has 1 aliphatic rings. The van der Waals surface area contributed by atoms with E-state index in [1.165, 1.54) is 16.3 Å². The molecule has 2 aromatic rings. The van der Waals surface area contributed by atoms with Crippen LogP contribution in [0, 0.1) is 6.92 Å². The van der Waals surface area contributed by atoms with E-state index in [9.17, 15) is 0 Å². The van der Waals surface area contributed by atoms with Gasteiger partial charge in [0.15, 0.2) is 0 Å². The molecule has 2 N–H and O–H groups in total. The molecule has 100 valence electrons. The van der Waals surface area contributed by atoms with Gasteiger partial charge in [-0.25, -0.2) is 0 Å². The summed E-state index contributed by atoms with van der Waals surface area (Å²) in [5.41, 5.74) is 2.46. The average Bonchev–Trinajstić information content (AvgIpc) is 2.46. The molecule has 1 heterocycles. The lowest BCUT2D eigenvalue weighted by Gasteiger charge is -2.24. The molecule has 3 rings (SSSR count). The van der Waals surface area contributed by atoms with Crippen LogP contribution in [0.15, 0.2) is 36.4 Å². The number of hydrogen-bond acceptors (Lipinski definition) is 3. The van der Waals surface area contributed by atoms with Gasteiger partial charge in [0.2, 0.25) is 0 Å². The van der Waals surface area contributed by atoms with Gasteiger partial charge in [0.25, 0.3) is 0 Å². The van der Waals surface area contributed by atoms with Gasteiger partial charge in [0.05, 0.1) is 12.7 Å². The second-order valence-corrected chi connectivity index (χ2v) is 5.14. The van der Waals surface area contributed by atoms with Crippen LogP contribution in [0.1, 0.15) is 5.56 Å². The van der Waals surface area contributed by atoms with Gasteiger partial charge in [-0.15, -0.1) is 0 Å². The maximum Gasteiger partial charge on any atom is 0.0872 e. The van der Waals surface area contributed by atoms with Crippen LogP contribution >= 0.6 is 0 Å². The number of nitrogens with one attached hydrogen (secondary N) is 2. The lowest BCUT2D eigenvalue weighted by Crippen LogP contribution is -2.42. The van der Waals surface area contributed by atoms with E-state index in [0.717, 1.165) is 31.9 Å². The van der Waals surface area contributed by atoms with Crippen LogP contribution in [0.2, 0.25) is 0 Å². The van der Waals surface area contributed by atoms with Crippen LogP contribution in [0.25, 0.3) is 10.8 Å². The molecule has 3 nitrogen and oxygen atoms in total. The number of morpholine rings is 1. The molecule has 1 unspecified atom stereocenters. The summed E-state index contributed by atoms with van der Waals surface area (Å²) in [6.45, 7) is 5.68. The number of anilines is 1. The first-order valence-electron chi connectivity index (χ1n) is 6.88. The molecule has 3 heteroatoms. The highest BCUT2D eigenvalue weighted by Crippen LogP contribution is 2.20. The standard InChI is InChI=1S/C16H20N2O/c1-12-2-3-14-9-15(5-4-13(14)8-12)18-11-16-10-17-6-7-19-16/h2-5,8-9,16-18H,6-7,10-11H2,1H3. The van der Waals surface area contributed by atoms with Gasteiger partial charge < -0.3 is 15.4 Å². The number of rotatable bonds is 3. The summed E-state index contributed by atoms with van der Waals surface area (Å²) in [6.07, 6.45) is 0.266. The minimum atomic E-state index is 0.266. The molecule has 0 bridgehead atoms. The van der Waals surface area contributed by atoms with E-state index < -0.39 is 0 Å². The normalized spacial score (nSPS) is 19.5. The second kappa shape index (κ2) is 5.59. The molecular formula is C16H20N2O. The molecule has 0 amide bonds. The Bertz CT molecular complexity index is 562. The van der Waals surface area contributed by atoms with E-state index in [4.69, 9.17) is 4.74 Å². The zero-order valence-electron chi connectivity index (χ0n) is 11.3. The first kappa shape index (κ1) is 12.5. The lowest BCUT2D eigenvalue weighted by molar-refractivity contribution is 0.0372. The van der Waals surface area contributed by atoms with Crippen LogP contribution in [-0.2, 0) is 4.74 Å². The van der Waals surface area contributed by atoms with Gasteiger partial charge in [-0.1, -0.05) is 29.8 Å². The fraction of sp³-hybridized carbons (Fsp3) is 0.375. The van der Waals surface area contributed by atoms with Crippen molar-refractivity contribution in [2.75, 3.05) is 31.6 Å². The molecule has 0 aromatic heterocycles. The van der Waals surface area contributed by atoms with Crippen molar-refractivity contribution in [1.82, 2.24) is 5.32 Å². The second-order valence-electron chi connectivity index (χ2n) is 5.14. The minimum Gasteiger partial charge on any atom is -0.382 e. The Hall–Kier alpha value is -1.58. The third-order valence-corrected chi connectivity index (χ3v) is 3.53. The molecular weight excluding hydrogens is 236 g/mol. The summed E-state index contributed by atoms with van der Waals surface area (Å²) in [7, 11) is 0. The van der Waals surface area contributed by atoms with Crippen molar-refractivity contribution in [3.63, 3.8) is 0 Å². The molecule has 0 aliphatic carbocycles. The smallest absolute Gasteiger partial charge is 0.0872 e. The third kappa shape index (κ3) is 3.06. The fourth-order valence-electron chi connectivity index (χ4n) is 2.46. The van der Waals surface area contributed by atoms with Crippen molar-refractivity contribution < 1.29 is 4.74 Å². The highest BCUT2D eigenvalue weighted by Gasteiger charge is 2.12. The van der Waals surface area contributed by atoms with Crippen LogP contribution < -0.4 is 10.6 Å². The largest absolute Gasteiger partial charge is 0.382 e. The molecule has 0 radical (unpaired) electrons. The number of fused-ring (bicyclic) bond motifs is 1. The number of hydrogen-bond donors (Lipinski definition) is 2. The number of aryl methyl sites for hydroxylation is 1. The molecule has 1 saturated heterocycles. The molecule has 1 atom stereocenters. The van der Waals surface area contributed by atoms with Gasteiger partial charge >= 0.3 is 0 Å². The molecule has 2 aromatic carbocycles. The summed E-state index contributed by atoms with van der Waals surface area (Å²) >= 11 is 0. The van der Waals surface area contributed by atoms with Crippen molar-refractivity contribution in [1.29, 1.82) is 0 Å². The van der Waals surface area contributed by atoms with Crippen molar-refractivity contribution in [2.45, 2.75) is 13.0 Å². The van der Waals surface area contributed by atoms with Crippen LogP contribution in [0.5, 0.6) is 0 Å². The first-order valence-corrected chi connectivity index (χ1v) is 6.88. The molecule has 0 saturated carbocycles. The van der Waals surface area contributed by atoms with Gasteiger partial charge in [0, 0.05) is 25.3 Å². The first-order chi connectivity index (χ1) is 9.31. The predicted octanol–water partition coefficient (Wildman–Crippen LogP) is 2.55. The van der Waals surface area contributed by atoms with E-state index in [0.29, 0.717) is 0 Å². The Morgan fingerprint density at radius 3 is 2.89 bits per heavy atom. The van der Waals surface area contributed by atoms with Crippen molar-refractivity contribution in [2.24, 2.45) is 0 Å². The maximum atomic E-state index is 5.68. The minimum absolute atomic E-state index is 0.266. The highest BCUT2D eigenvalue weighted by atomic mass is 16.5. The van der Waals surface area contributed by atoms with E-state index in [2.05, 4.69) is 54.0 Å². The molecule has 0 spiro atoms. The van der Waals surface area contributed by atoms with E-state index in [-0.39, 0.29) is 6.10 Å². The van der Waals surface area contributed by atoms with E-state index in [1.807, 2.05) is 0 Å². The Morgan fingerprint density at radius 2 is 2.05 bits per heavy atom. The lowest BCUT2D eigenvalue weighted by atomic mass is 10.1. The summed E-state index contributed by atoms with van der Waals surface area (Å²) in [5, 5.41) is 9.37. The van der Waals surface area contributed by atoms with E-state index in [1.54, 1.807) is 0 Å². The summed E-state index contributed by atoms with van der Waals surface area (Å²) in [4.78, 5) is 0. The highest BCUT2D eigenvalue weighted by molar-refractivity contribution is 5.86. The van der Waals surface area contributed by atoms with Crippen LogP contribution in [0.3, 0.4) is 0 Å². The fourth-order valence-corrected chi connectivity index (χ4v) is 2.46. The zero-order valence-corrected chi connectivity index (χ0v) is 11.3. The summed E-state index contributed by atoms with van der Waals surface area (Å²) in [5.74, 6) is 0. The Labute approximate surface area is 114 Å². The van der Waals surface area contributed by atoms with Crippen LogP contribution in [-0.4, -0.2) is 32.3 Å². The van der Waals surface area contributed by atoms with Crippen LogP contribution in [0.4, 0.5) is 5.69 Å². The van der Waals surface area contributed by atoms with E-state index >= 15 is 0 Å². The Kier molecular flexibility index (Phi) is 3.67. The molecule has 1 fully saturated rings. The van der Waals surface area contributed by atoms with Gasteiger partial charge in [-0.3, -0.25) is 0 Å². The van der Waals surface area contributed by atoms with Crippen molar-refractivity contribution >= 4 is 16.5 Å². The number of benzene rings is 2. The molecule has 19 heavy (non-hydrogen) atoms. The van der Waals surface area contributed by atoms with Gasteiger partial charge in [0.1, 0.15) is 0 Å². The monoisotopic (exact) mass is 256 g/mol. The van der Waals surface area contributed by atoms with Crippen molar-refractivity contribution in [3.8, 4) is 0 Å². The zero-order chi connectivity index (χ0) is 13.1. The third-order valence-electron chi connectivity index (χ3n) is 3.53. The van der Waals surface area contributed by atoms with Crippen molar-refractivity contribution in [3.05, 3.63) is 42.0 Å². The number of ether oxygens (including phenoxy) is 1. The molecule has 1 aliphatic heterocycles. The average molecular weight is 256 g/mol. The maximum absolute atomic E-state index is 5.68. The van der Waals surface area contributed by atoms with Gasteiger partial charge in [-0.05, 0) is 29.8 Å².